The van der Waals surface area contributed by atoms with Gasteiger partial charge >= 0.3 is 5.97 Å². The van der Waals surface area contributed by atoms with E-state index in [1.165, 1.54) is 24.3 Å². The number of nitrogens with zero attached hydrogens (tertiary/aromatic N) is 2. The summed E-state index contributed by atoms with van der Waals surface area (Å²) in [6, 6.07) is 12.0. The van der Waals surface area contributed by atoms with Gasteiger partial charge in [-0.25, -0.2) is 4.79 Å². The van der Waals surface area contributed by atoms with E-state index in [1.54, 1.807) is 30.3 Å². The SMILES string of the molecule is N#CC(=Cc1cc(Cl)ccc1OCc1ccc([N+](=O)[O-])cc1)C(=O)O. The van der Waals surface area contributed by atoms with Crippen LogP contribution in [0.2, 0.25) is 5.02 Å². The lowest BCUT2D eigenvalue weighted by atomic mass is 10.1. The summed E-state index contributed by atoms with van der Waals surface area (Å²) in [7, 11) is 0. The fourth-order valence-electron chi connectivity index (χ4n) is 1.94. The molecule has 0 atom stereocenters. The third-order valence-electron chi connectivity index (χ3n) is 3.16. The van der Waals surface area contributed by atoms with Crippen molar-refractivity contribution in [2.75, 3.05) is 0 Å². The zero-order chi connectivity index (χ0) is 18.4. The van der Waals surface area contributed by atoms with E-state index in [0.717, 1.165) is 0 Å². The van der Waals surface area contributed by atoms with E-state index in [1.807, 2.05) is 0 Å². The van der Waals surface area contributed by atoms with Gasteiger partial charge in [-0.3, -0.25) is 10.1 Å². The van der Waals surface area contributed by atoms with Gasteiger partial charge in [0.1, 0.15) is 24.0 Å². The van der Waals surface area contributed by atoms with Crippen LogP contribution in [0.3, 0.4) is 0 Å². The first-order chi connectivity index (χ1) is 11.9. The molecule has 126 valence electrons. The van der Waals surface area contributed by atoms with Crippen molar-refractivity contribution >= 4 is 29.3 Å². The minimum atomic E-state index is -1.36. The predicted molar refractivity (Wildman–Crippen MR) is 90.1 cm³/mol. The lowest BCUT2D eigenvalue weighted by Crippen LogP contribution is -2.00. The van der Waals surface area contributed by atoms with Crippen molar-refractivity contribution in [3.63, 3.8) is 0 Å². The van der Waals surface area contributed by atoms with Gasteiger partial charge in [-0.1, -0.05) is 11.6 Å². The second-order valence-electron chi connectivity index (χ2n) is 4.87. The Kier molecular flexibility index (Phi) is 5.71. The molecule has 2 aromatic rings. The Hall–Kier alpha value is -3.37. The standard InChI is InChI=1S/C17H11ClN2O5/c18-14-3-6-16(12(8-14)7-13(9-19)17(21)22)25-10-11-1-4-15(5-2-11)20(23)24/h1-8H,10H2,(H,21,22). The number of hydrogen-bond acceptors (Lipinski definition) is 5. The number of benzene rings is 2. The summed E-state index contributed by atoms with van der Waals surface area (Å²) in [4.78, 5) is 21.1. The molecule has 0 radical (unpaired) electrons. The molecule has 0 aliphatic carbocycles. The number of halogens is 1. The van der Waals surface area contributed by atoms with Crippen molar-refractivity contribution in [1.82, 2.24) is 0 Å². The molecular weight excluding hydrogens is 348 g/mol. The molecule has 0 aliphatic rings. The average molecular weight is 359 g/mol. The van der Waals surface area contributed by atoms with E-state index >= 15 is 0 Å². The molecule has 0 unspecified atom stereocenters. The zero-order valence-corrected chi connectivity index (χ0v) is 13.4. The number of rotatable bonds is 6. The molecule has 2 rings (SSSR count). The second-order valence-corrected chi connectivity index (χ2v) is 5.31. The van der Waals surface area contributed by atoms with Crippen LogP contribution in [-0.2, 0) is 11.4 Å². The van der Waals surface area contributed by atoms with Gasteiger partial charge in [0.25, 0.3) is 5.69 Å². The fraction of sp³-hybridized carbons (Fsp3) is 0.0588. The highest BCUT2D eigenvalue weighted by Crippen LogP contribution is 2.26. The molecule has 2 aromatic carbocycles. The fourth-order valence-corrected chi connectivity index (χ4v) is 2.12. The van der Waals surface area contributed by atoms with Crippen molar-refractivity contribution in [2.24, 2.45) is 0 Å². The van der Waals surface area contributed by atoms with Crippen molar-refractivity contribution < 1.29 is 19.6 Å². The summed E-state index contributed by atoms with van der Waals surface area (Å²) >= 11 is 5.91. The predicted octanol–water partition coefficient (Wildman–Crippen LogP) is 3.82. The van der Waals surface area contributed by atoms with Gasteiger partial charge in [0.15, 0.2) is 0 Å². The third-order valence-corrected chi connectivity index (χ3v) is 3.40. The summed E-state index contributed by atoms with van der Waals surface area (Å²) in [5, 5.41) is 28.8. The molecule has 0 saturated carbocycles. The van der Waals surface area contributed by atoms with E-state index in [0.29, 0.717) is 21.9 Å². The van der Waals surface area contributed by atoms with Gasteiger partial charge in [0.05, 0.1) is 4.92 Å². The van der Waals surface area contributed by atoms with E-state index < -0.39 is 16.5 Å². The van der Waals surface area contributed by atoms with Crippen LogP contribution >= 0.6 is 11.6 Å². The minimum Gasteiger partial charge on any atom is -0.488 e. The second kappa shape index (κ2) is 7.95. The molecule has 8 heteroatoms. The number of carboxylic acids is 1. The number of nitro groups is 1. The monoisotopic (exact) mass is 358 g/mol. The Bertz CT molecular complexity index is 885. The van der Waals surface area contributed by atoms with Crippen LogP contribution in [0.25, 0.3) is 6.08 Å². The molecule has 25 heavy (non-hydrogen) atoms. The maximum atomic E-state index is 11.0. The first-order valence-electron chi connectivity index (χ1n) is 6.91. The van der Waals surface area contributed by atoms with Gasteiger partial charge in [0, 0.05) is 22.7 Å². The number of ether oxygens (including phenoxy) is 1. The normalized spacial score (nSPS) is 10.8. The molecule has 0 amide bonds. The van der Waals surface area contributed by atoms with E-state index in [2.05, 4.69) is 0 Å². The van der Waals surface area contributed by atoms with Crippen LogP contribution in [0.4, 0.5) is 5.69 Å². The number of hydrogen-bond donors (Lipinski definition) is 1. The van der Waals surface area contributed by atoms with Crippen LogP contribution in [0, 0.1) is 21.4 Å². The summed E-state index contributed by atoms with van der Waals surface area (Å²) in [6.45, 7) is 0.107. The van der Waals surface area contributed by atoms with Crippen molar-refractivity contribution in [2.45, 2.75) is 6.61 Å². The quantitative estimate of drug-likeness (QED) is 0.363. The molecule has 0 saturated heterocycles. The Morgan fingerprint density at radius 2 is 2.00 bits per heavy atom. The summed E-state index contributed by atoms with van der Waals surface area (Å²) in [5.41, 5.74) is 0.545. The largest absolute Gasteiger partial charge is 0.488 e. The van der Waals surface area contributed by atoms with E-state index in [-0.39, 0.29) is 12.3 Å². The molecule has 0 aromatic heterocycles. The van der Waals surface area contributed by atoms with Gasteiger partial charge in [-0.05, 0) is 42.0 Å². The highest BCUT2D eigenvalue weighted by Gasteiger charge is 2.10. The average Bonchev–Trinajstić information content (AvgIpc) is 2.58. The highest BCUT2D eigenvalue weighted by atomic mass is 35.5. The molecule has 1 N–H and O–H groups in total. The topological polar surface area (TPSA) is 113 Å². The molecule has 0 fully saturated rings. The first kappa shape index (κ1) is 18.0. The summed E-state index contributed by atoms with van der Waals surface area (Å²) in [6.07, 6.45) is 1.17. The summed E-state index contributed by atoms with van der Waals surface area (Å²) < 4.78 is 5.63. The van der Waals surface area contributed by atoms with Crippen LogP contribution in [0.1, 0.15) is 11.1 Å². The maximum Gasteiger partial charge on any atom is 0.346 e. The molecule has 7 nitrogen and oxygen atoms in total. The zero-order valence-electron chi connectivity index (χ0n) is 12.7. The number of carbonyl (C=O) groups is 1. The number of non-ortho nitro benzene ring substituents is 1. The third kappa shape index (κ3) is 4.80. The highest BCUT2D eigenvalue weighted by molar-refractivity contribution is 6.30. The van der Waals surface area contributed by atoms with Crippen molar-refractivity contribution in [3.8, 4) is 11.8 Å². The lowest BCUT2D eigenvalue weighted by molar-refractivity contribution is -0.384. The van der Waals surface area contributed by atoms with Crippen LogP contribution in [0.5, 0.6) is 5.75 Å². The van der Waals surface area contributed by atoms with Crippen molar-refractivity contribution in [3.05, 3.63) is 74.3 Å². The Morgan fingerprint density at radius 3 is 2.56 bits per heavy atom. The number of carboxylic acid groups (broad SMARTS) is 1. The molecule has 0 heterocycles. The Morgan fingerprint density at radius 1 is 1.32 bits per heavy atom. The summed E-state index contributed by atoms with van der Waals surface area (Å²) in [5.74, 6) is -1.03. The van der Waals surface area contributed by atoms with Crippen molar-refractivity contribution in [1.29, 1.82) is 5.26 Å². The molecule has 0 spiro atoms. The molecular formula is C17H11ClN2O5. The number of nitro benzene ring substituents is 1. The lowest BCUT2D eigenvalue weighted by Gasteiger charge is -2.10. The van der Waals surface area contributed by atoms with Crippen LogP contribution in [-0.4, -0.2) is 16.0 Å². The number of aliphatic carboxylic acids is 1. The van der Waals surface area contributed by atoms with Crippen LogP contribution in [0.15, 0.2) is 48.0 Å². The first-order valence-corrected chi connectivity index (χ1v) is 7.29. The van der Waals surface area contributed by atoms with Gasteiger partial charge < -0.3 is 9.84 Å². The van der Waals surface area contributed by atoms with Gasteiger partial charge in [-0.15, -0.1) is 0 Å². The maximum absolute atomic E-state index is 11.0. The Balaban J connectivity index is 2.23. The van der Waals surface area contributed by atoms with Crippen LogP contribution < -0.4 is 4.74 Å². The van der Waals surface area contributed by atoms with E-state index in [4.69, 9.17) is 26.7 Å². The molecule has 0 bridgehead atoms. The number of nitriles is 1. The Labute approximate surface area is 147 Å². The van der Waals surface area contributed by atoms with Gasteiger partial charge in [-0.2, -0.15) is 5.26 Å². The molecule has 0 aliphatic heterocycles. The van der Waals surface area contributed by atoms with E-state index in [9.17, 15) is 14.9 Å². The minimum absolute atomic E-state index is 0.0287. The smallest absolute Gasteiger partial charge is 0.346 e. The van der Waals surface area contributed by atoms with Gasteiger partial charge in [0.2, 0.25) is 0 Å².